The summed E-state index contributed by atoms with van der Waals surface area (Å²) in [5.74, 6) is -3.27. The second kappa shape index (κ2) is 7.10. The van der Waals surface area contributed by atoms with E-state index in [4.69, 9.17) is 5.11 Å². The molecule has 0 radical (unpaired) electrons. The lowest BCUT2D eigenvalue weighted by Crippen LogP contribution is -2.42. The van der Waals surface area contributed by atoms with Crippen LogP contribution in [0.25, 0.3) is 0 Å². The molecule has 0 aromatic carbocycles. The van der Waals surface area contributed by atoms with Crippen molar-refractivity contribution in [2.75, 3.05) is 26.8 Å². The maximum atomic E-state index is 12.2. The standard InChI is InChI=1S/C9H14F3NO4/c1-17-6-2-4-13(5-3-7(14)15)8(16)9(10,11)12/h2-6H2,1H3,(H,14,15). The third-order valence-corrected chi connectivity index (χ3v) is 1.90. The minimum Gasteiger partial charge on any atom is -0.481 e. The van der Waals surface area contributed by atoms with E-state index in [2.05, 4.69) is 4.74 Å². The lowest BCUT2D eigenvalue weighted by Gasteiger charge is -2.22. The lowest BCUT2D eigenvalue weighted by atomic mass is 10.3. The molecule has 0 aromatic heterocycles. The van der Waals surface area contributed by atoms with Crippen molar-refractivity contribution in [3.05, 3.63) is 0 Å². The summed E-state index contributed by atoms with van der Waals surface area (Å²) in [6.07, 6.45) is -5.28. The van der Waals surface area contributed by atoms with Gasteiger partial charge in [-0.1, -0.05) is 0 Å². The lowest BCUT2D eigenvalue weighted by molar-refractivity contribution is -0.185. The van der Waals surface area contributed by atoms with Crippen molar-refractivity contribution in [2.24, 2.45) is 0 Å². The van der Waals surface area contributed by atoms with E-state index in [1.165, 1.54) is 7.11 Å². The number of ether oxygens (including phenoxy) is 1. The Labute approximate surface area is 96.1 Å². The van der Waals surface area contributed by atoms with Crippen LogP contribution in [0.15, 0.2) is 0 Å². The molecular formula is C9H14F3NO4. The van der Waals surface area contributed by atoms with Crippen LogP contribution in [0.5, 0.6) is 0 Å². The molecule has 8 heteroatoms. The summed E-state index contributed by atoms with van der Waals surface area (Å²) in [6.45, 7) is -0.439. The van der Waals surface area contributed by atoms with Crippen molar-refractivity contribution >= 4 is 11.9 Å². The molecule has 0 heterocycles. The van der Waals surface area contributed by atoms with Gasteiger partial charge in [0.25, 0.3) is 0 Å². The topological polar surface area (TPSA) is 66.8 Å². The average Bonchev–Trinajstić information content (AvgIpc) is 2.20. The monoisotopic (exact) mass is 257 g/mol. The molecule has 0 atom stereocenters. The van der Waals surface area contributed by atoms with Crippen molar-refractivity contribution in [1.82, 2.24) is 4.90 Å². The Morgan fingerprint density at radius 1 is 1.29 bits per heavy atom. The molecule has 0 bridgehead atoms. The third-order valence-electron chi connectivity index (χ3n) is 1.90. The quantitative estimate of drug-likeness (QED) is 0.688. The molecule has 0 unspecified atom stereocenters. The first-order valence-corrected chi connectivity index (χ1v) is 4.86. The van der Waals surface area contributed by atoms with Gasteiger partial charge in [0, 0.05) is 26.8 Å². The van der Waals surface area contributed by atoms with E-state index < -0.39 is 31.0 Å². The van der Waals surface area contributed by atoms with Crippen LogP contribution in [-0.4, -0.2) is 54.9 Å². The summed E-state index contributed by atoms with van der Waals surface area (Å²) in [6, 6.07) is 0. The number of aliphatic carboxylic acids is 1. The zero-order valence-electron chi connectivity index (χ0n) is 9.29. The summed E-state index contributed by atoms with van der Waals surface area (Å²) in [5.41, 5.74) is 0. The Bertz CT molecular complexity index is 267. The first-order chi connectivity index (χ1) is 7.79. The van der Waals surface area contributed by atoms with E-state index in [1.54, 1.807) is 0 Å². The second-order valence-electron chi connectivity index (χ2n) is 3.28. The number of alkyl halides is 3. The average molecular weight is 257 g/mol. The highest BCUT2D eigenvalue weighted by atomic mass is 19.4. The summed E-state index contributed by atoms with van der Waals surface area (Å²) in [7, 11) is 1.38. The van der Waals surface area contributed by atoms with Crippen molar-refractivity contribution in [2.45, 2.75) is 19.0 Å². The minimum absolute atomic E-state index is 0.181. The van der Waals surface area contributed by atoms with Crippen LogP contribution in [0.1, 0.15) is 12.8 Å². The molecule has 0 aliphatic heterocycles. The fourth-order valence-electron chi connectivity index (χ4n) is 1.12. The normalized spacial score (nSPS) is 11.3. The highest BCUT2D eigenvalue weighted by Gasteiger charge is 2.42. The van der Waals surface area contributed by atoms with Gasteiger partial charge < -0.3 is 14.7 Å². The van der Waals surface area contributed by atoms with Crippen molar-refractivity contribution < 1.29 is 32.6 Å². The number of methoxy groups -OCH3 is 1. The number of carboxylic acids is 1. The van der Waals surface area contributed by atoms with Crippen molar-refractivity contribution in [3.63, 3.8) is 0 Å². The number of amides is 1. The Morgan fingerprint density at radius 3 is 2.29 bits per heavy atom. The van der Waals surface area contributed by atoms with E-state index in [9.17, 15) is 22.8 Å². The predicted octanol–water partition coefficient (Wildman–Crippen LogP) is 0.889. The highest BCUT2D eigenvalue weighted by Crippen LogP contribution is 2.18. The second-order valence-corrected chi connectivity index (χ2v) is 3.28. The number of carboxylic acid groups (broad SMARTS) is 1. The highest BCUT2D eigenvalue weighted by molar-refractivity contribution is 5.82. The number of hydrogen-bond donors (Lipinski definition) is 1. The van der Waals surface area contributed by atoms with Crippen LogP contribution in [0.4, 0.5) is 13.2 Å². The molecule has 0 saturated heterocycles. The first-order valence-electron chi connectivity index (χ1n) is 4.86. The van der Waals surface area contributed by atoms with E-state index in [1.807, 2.05) is 0 Å². The number of rotatable bonds is 7. The Hall–Kier alpha value is -1.31. The molecular weight excluding hydrogens is 243 g/mol. The maximum absolute atomic E-state index is 12.2. The Morgan fingerprint density at radius 2 is 1.88 bits per heavy atom. The van der Waals surface area contributed by atoms with E-state index in [0.29, 0.717) is 4.90 Å². The van der Waals surface area contributed by atoms with Crippen LogP contribution >= 0.6 is 0 Å². The van der Waals surface area contributed by atoms with E-state index >= 15 is 0 Å². The van der Waals surface area contributed by atoms with Gasteiger partial charge in [0.05, 0.1) is 6.42 Å². The van der Waals surface area contributed by atoms with Gasteiger partial charge in [-0.25, -0.2) is 0 Å². The molecule has 0 aliphatic rings. The summed E-state index contributed by atoms with van der Waals surface area (Å²) in [4.78, 5) is 21.7. The van der Waals surface area contributed by atoms with Crippen molar-refractivity contribution in [3.8, 4) is 0 Å². The van der Waals surface area contributed by atoms with Gasteiger partial charge in [-0.3, -0.25) is 9.59 Å². The molecule has 17 heavy (non-hydrogen) atoms. The molecule has 0 rings (SSSR count). The Kier molecular flexibility index (Phi) is 6.55. The number of carbonyl (C=O) groups excluding carboxylic acids is 1. The molecule has 1 N–H and O–H groups in total. The van der Waals surface area contributed by atoms with Gasteiger partial charge in [-0.15, -0.1) is 0 Å². The summed E-state index contributed by atoms with van der Waals surface area (Å²) < 4.78 is 41.1. The molecule has 0 fully saturated rings. The van der Waals surface area contributed by atoms with Gasteiger partial charge >= 0.3 is 18.1 Å². The summed E-state index contributed by atoms with van der Waals surface area (Å²) >= 11 is 0. The van der Waals surface area contributed by atoms with E-state index in [0.717, 1.165) is 0 Å². The fourth-order valence-corrected chi connectivity index (χ4v) is 1.12. The molecule has 100 valence electrons. The largest absolute Gasteiger partial charge is 0.481 e. The van der Waals surface area contributed by atoms with Gasteiger partial charge in [-0.05, 0) is 6.42 Å². The SMILES string of the molecule is COCCCN(CCC(=O)O)C(=O)C(F)(F)F. The van der Waals surface area contributed by atoms with Gasteiger partial charge in [-0.2, -0.15) is 13.2 Å². The van der Waals surface area contributed by atoms with Crippen molar-refractivity contribution in [1.29, 1.82) is 0 Å². The number of carbonyl (C=O) groups is 2. The zero-order chi connectivity index (χ0) is 13.5. The molecule has 0 spiro atoms. The summed E-state index contributed by atoms with van der Waals surface area (Å²) in [5, 5.41) is 8.37. The predicted molar refractivity (Wildman–Crippen MR) is 51.4 cm³/mol. The molecule has 0 saturated carbocycles. The van der Waals surface area contributed by atoms with Crippen LogP contribution in [0, 0.1) is 0 Å². The molecule has 0 aliphatic carbocycles. The number of hydrogen-bond acceptors (Lipinski definition) is 3. The third kappa shape index (κ3) is 6.77. The first kappa shape index (κ1) is 15.7. The van der Waals surface area contributed by atoms with Gasteiger partial charge in [0.1, 0.15) is 0 Å². The van der Waals surface area contributed by atoms with Gasteiger partial charge in [0.15, 0.2) is 0 Å². The number of halogens is 3. The zero-order valence-corrected chi connectivity index (χ0v) is 9.29. The van der Waals surface area contributed by atoms with Gasteiger partial charge in [0.2, 0.25) is 0 Å². The minimum atomic E-state index is -4.98. The smallest absolute Gasteiger partial charge is 0.471 e. The molecule has 0 aromatic rings. The molecule has 1 amide bonds. The van der Waals surface area contributed by atoms with Crippen LogP contribution < -0.4 is 0 Å². The van der Waals surface area contributed by atoms with Crippen LogP contribution in [0.2, 0.25) is 0 Å². The fraction of sp³-hybridized carbons (Fsp3) is 0.778. The Balaban J connectivity index is 4.38. The number of nitrogens with zero attached hydrogens (tertiary/aromatic N) is 1. The van der Waals surface area contributed by atoms with Crippen LogP contribution in [-0.2, 0) is 14.3 Å². The maximum Gasteiger partial charge on any atom is 0.471 e. The van der Waals surface area contributed by atoms with E-state index in [-0.39, 0.29) is 19.6 Å². The van der Waals surface area contributed by atoms with Crippen LogP contribution in [0.3, 0.4) is 0 Å². The molecule has 5 nitrogen and oxygen atoms in total.